The number of carbonyl (C=O) groups is 2. The van der Waals surface area contributed by atoms with Gasteiger partial charge in [-0.2, -0.15) is 0 Å². The summed E-state index contributed by atoms with van der Waals surface area (Å²) in [7, 11) is 0. The lowest BCUT2D eigenvalue weighted by molar-refractivity contribution is 0.0793. The summed E-state index contributed by atoms with van der Waals surface area (Å²) in [6.45, 7) is 4.48. The van der Waals surface area contributed by atoms with Gasteiger partial charge in [0.25, 0.3) is 11.8 Å². The molecule has 0 radical (unpaired) electrons. The summed E-state index contributed by atoms with van der Waals surface area (Å²) in [6.07, 6.45) is 5.39. The maximum Gasteiger partial charge on any atom is 0.253 e. The first kappa shape index (κ1) is 15.5. The van der Waals surface area contributed by atoms with E-state index < -0.39 is 0 Å². The molecule has 0 aromatic heterocycles. The molecule has 0 spiro atoms. The number of amides is 2. The molecule has 4 nitrogen and oxygen atoms in total. The Hall–Kier alpha value is -1.84. The third-order valence-electron chi connectivity index (χ3n) is 3.83. The number of rotatable bonds is 6. The van der Waals surface area contributed by atoms with Crippen molar-refractivity contribution < 1.29 is 9.59 Å². The number of nitrogens with zero attached hydrogens (tertiary/aromatic N) is 1. The summed E-state index contributed by atoms with van der Waals surface area (Å²) in [5.41, 5.74) is 1.18. The summed E-state index contributed by atoms with van der Waals surface area (Å²) in [5.74, 6) is -0.0599. The molecule has 2 rings (SSSR count). The van der Waals surface area contributed by atoms with Crippen LogP contribution >= 0.6 is 0 Å². The van der Waals surface area contributed by atoms with E-state index in [2.05, 4.69) is 12.2 Å². The third kappa shape index (κ3) is 4.31. The molecule has 0 bridgehead atoms. The van der Waals surface area contributed by atoms with Gasteiger partial charge < -0.3 is 10.2 Å². The van der Waals surface area contributed by atoms with Crippen molar-refractivity contribution in [2.45, 2.75) is 39.0 Å². The first-order valence-electron chi connectivity index (χ1n) is 7.90. The Morgan fingerprint density at radius 1 is 1.14 bits per heavy atom. The van der Waals surface area contributed by atoms with E-state index in [-0.39, 0.29) is 11.8 Å². The van der Waals surface area contributed by atoms with Crippen LogP contribution < -0.4 is 5.32 Å². The van der Waals surface area contributed by atoms with Gasteiger partial charge in [0, 0.05) is 30.8 Å². The van der Waals surface area contributed by atoms with Crippen molar-refractivity contribution in [2.75, 3.05) is 19.6 Å². The zero-order valence-corrected chi connectivity index (χ0v) is 12.7. The van der Waals surface area contributed by atoms with E-state index in [4.69, 9.17) is 0 Å². The highest BCUT2D eigenvalue weighted by Gasteiger charge is 2.20. The van der Waals surface area contributed by atoms with Gasteiger partial charge in [-0.3, -0.25) is 9.59 Å². The molecule has 1 aliphatic rings. The van der Waals surface area contributed by atoms with Crippen LogP contribution in [0.4, 0.5) is 0 Å². The van der Waals surface area contributed by atoms with Gasteiger partial charge in [-0.1, -0.05) is 25.8 Å². The summed E-state index contributed by atoms with van der Waals surface area (Å²) in [5, 5.41) is 2.91. The predicted molar refractivity (Wildman–Crippen MR) is 83.4 cm³/mol. The Balaban J connectivity index is 1.96. The van der Waals surface area contributed by atoms with Gasteiger partial charge >= 0.3 is 0 Å². The van der Waals surface area contributed by atoms with Crippen molar-refractivity contribution in [1.82, 2.24) is 10.2 Å². The van der Waals surface area contributed by atoms with Crippen LogP contribution in [-0.4, -0.2) is 36.3 Å². The molecule has 1 heterocycles. The first-order chi connectivity index (χ1) is 10.2. The minimum absolute atomic E-state index is 0.0353. The zero-order valence-electron chi connectivity index (χ0n) is 12.7. The van der Waals surface area contributed by atoms with Crippen LogP contribution in [0.3, 0.4) is 0 Å². The van der Waals surface area contributed by atoms with Crippen molar-refractivity contribution in [3.05, 3.63) is 35.4 Å². The monoisotopic (exact) mass is 288 g/mol. The minimum atomic E-state index is -0.0952. The zero-order chi connectivity index (χ0) is 15.1. The number of benzene rings is 1. The lowest BCUT2D eigenvalue weighted by atomic mass is 10.1. The first-order valence-corrected chi connectivity index (χ1v) is 7.90. The summed E-state index contributed by atoms with van der Waals surface area (Å²) in [6, 6.07) is 7.03. The van der Waals surface area contributed by atoms with Crippen molar-refractivity contribution in [1.29, 1.82) is 0 Å². The molecule has 21 heavy (non-hydrogen) atoms. The van der Waals surface area contributed by atoms with E-state index in [1.165, 1.54) is 0 Å². The molecule has 1 aliphatic heterocycles. The van der Waals surface area contributed by atoms with E-state index in [1.807, 2.05) is 4.90 Å². The maximum absolute atomic E-state index is 12.3. The number of unbranched alkanes of at least 4 members (excludes halogenated alkanes) is 2. The van der Waals surface area contributed by atoms with Crippen molar-refractivity contribution in [3.8, 4) is 0 Å². The molecule has 0 aliphatic carbocycles. The highest BCUT2D eigenvalue weighted by molar-refractivity contribution is 5.99. The lowest BCUT2D eigenvalue weighted by Crippen LogP contribution is -2.28. The number of hydrogen-bond donors (Lipinski definition) is 1. The standard InChI is InChI=1S/C17H24N2O2/c1-2-3-4-10-18-16(20)14-8-7-9-15(13-14)17(21)19-11-5-6-12-19/h7-9,13H,2-6,10-12H2,1H3,(H,18,20). The Morgan fingerprint density at radius 3 is 2.57 bits per heavy atom. The average molecular weight is 288 g/mol. The highest BCUT2D eigenvalue weighted by Crippen LogP contribution is 2.14. The molecule has 0 saturated carbocycles. The molecule has 1 aromatic carbocycles. The van der Waals surface area contributed by atoms with Crippen LogP contribution in [0.25, 0.3) is 0 Å². The average Bonchev–Trinajstić information content (AvgIpc) is 3.05. The van der Waals surface area contributed by atoms with Gasteiger partial charge in [-0.05, 0) is 37.5 Å². The van der Waals surface area contributed by atoms with Gasteiger partial charge in [0.2, 0.25) is 0 Å². The van der Waals surface area contributed by atoms with Crippen LogP contribution in [-0.2, 0) is 0 Å². The number of likely N-dealkylation sites (tertiary alicyclic amines) is 1. The third-order valence-corrected chi connectivity index (χ3v) is 3.83. The SMILES string of the molecule is CCCCCNC(=O)c1cccc(C(=O)N2CCCC2)c1. The van der Waals surface area contributed by atoms with Gasteiger partial charge in [-0.15, -0.1) is 0 Å². The van der Waals surface area contributed by atoms with Crippen LogP contribution in [0.1, 0.15) is 59.7 Å². The van der Waals surface area contributed by atoms with E-state index in [0.29, 0.717) is 17.7 Å². The summed E-state index contributed by atoms with van der Waals surface area (Å²) < 4.78 is 0. The fourth-order valence-corrected chi connectivity index (χ4v) is 2.58. The lowest BCUT2D eigenvalue weighted by Gasteiger charge is -2.15. The fraction of sp³-hybridized carbons (Fsp3) is 0.529. The van der Waals surface area contributed by atoms with Crippen LogP contribution in [0.5, 0.6) is 0 Å². The fourth-order valence-electron chi connectivity index (χ4n) is 2.58. The smallest absolute Gasteiger partial charge is 0.253 e. The normalized spacial score (nSPS) is 14.2. The molecule has 0 unspecified atom stereocenters. The van der Waals surface area contributed by atoms with E-state index in [9.17, 15) is 9.59 Å². The molecule has 0 atom stereocenters. The number of hydrogen-bond acceptors (Lipinski definition) is 2. The molecule has 1 N–H and O–H groups in total. The quantitative estimate of drug-likeness (QED) is 0.818. The molecule has 114 valence electrons. The summed E-state index contributed by atoms with van der Waals surface area (Å²) in [4.78, 5) is 26.2. The van der Waals surface area contributed by atoms with Gasteiger partial charge in [0.1, 0.15) is 0 Å². The van der Waals surface area contributed by atoms with Gasteiger partial charge in [-0.25, -0.2) is 0 Å². The Labute approximate surface area is 126 Å². The second kappa shape index (κ2) is 7.81. The molecule has 1 fully saturated rings. The van der Waals surface area contributed by atoms with Crippen LogP contribution in [0, 0.1) is 0 Å². The van der Waals surface area contributed by atoms with Crippen molar-refractivity contribution in [3.63, 3.8) is 0 Å². The molecular weight excluding hydrogens is 264 g/mol. The van der Waals surface area contributed by atoms with Gasteiger partial charge in [0.05, 0.1) is 0 Å². The number of nitrogens with one attached hydrogen (secondary N) is 1. The Morgan fingerprint density at radius 2 is 1.86 bits per heavy atom. The van der Waals surface area contributed by atoms with E-state index >= 15 is 0 Å². The minimum Gasteiger partial charge on any atom is -0.352 e. The van der Waals surface area contributed by atoms with Crippen molar-refractivity contribution in [2.24, 2.45) is 0 Å². The Bertz CT molecular complexity index is 493. The molecular formula is C17H24N2O2. The second-order valence-corrected chi connectivity index (χ2v) is 5.54. The largest absolute Gasteiger partial charge is 0.352 e. The summed E-state index contributed by atoms with van der Waals surface area (Å²) >= 11 is 0. The maximum atomic E-state index is 12.3. The number of carbonyl (C=O) groups excluding carboxylic acids is 2. The topological polar surface area (TPSA) is 49.4 Å². The highest BCUT2D eigenvalue weighted by atomic mass is 16.2. The predicted octanol–water partition coefficient (Wildman–Crippen LogP) is 2.84. The van der Waals surface area contributed by atoms with Gasteiger partial charge in [0.15, 0.2) is 0 Å². The molecule has 1 saturated heterocycles. The van der Waals surface area contributed by atoms with E-state index in [1.54, 1.807) is 24.3 Å². The van der Waals surface area contributed by atoms with Crippen LogP contribution in [0.2, 0.25) is 0 Å². The van der Waals surface area contributed by atoms with Crippen LogP contribution in [0.15, 0.2) is 24.3 Å². The van der Waals surface area contributed by atoms with E-state index in [0.717, 1.165) is 45.2 Å². The Kier molecular flexibility index (Phi) is 5.78. The molecule has 1 aromatic rings. The molecule has 4 heteroatoms. The van der Waals surface area contributed by atoms with Crippen molar-refractivity contribution >= 4 is 11.8 Å². The second-order valence-electron chi connectivity index (χ2n) is 5.54. The molecule has 2 amide bonds.